The highest BCUT2D eigenvalue weighted by Crippen LogP contribution is 2.26. The summed E-state index contributed by atoms with van der Waals surface area (Å²) < 4.78 is 18.9. The molecule has 0 unspecified atom stereocenters. The minimum Gasteiger partial charge on any atom is -0.492 e. The van der Waals surface area contributed by atoms with Crippen molar-refractivity contribution in [2.45, 2.75) is 32.3 Å². The van der Waals surface area contributed by atoms with Crippen LogP contribution in [-0.2, 0) is 0 Å². The molecule has 1 heterocycles. The number of likely N-dealkylation sites (tertiary alicyclic amines) is 1. The Hall–Kier alpha value is -1.13. The Labute approximate surface area is 114 Å². The first-order valence-corrected chi connectivity index (χ1v) is 6.99. The van der Waals surface area contributed by atoms with E-state index in [2.05, 4.69) is 4.90 Å². The summed E-state index contributed by atoms with van der Waals surface area (Å²) in [5.74, 6) is 0.115. The highest BCUT2D eigenvalue weighted by molar-refractivity contribution is 5.35. The fraction of sp³-hybridized carbons (Fsp3) is 0.600. The van der Waals surface area contributed by atoms with Crippen LogP contribution in [0.1, 0.15) is 37.9 Å². The molecule has 1 fully saturated rings. The summed E-state index contributed by atoms with van der Waals surface area (Å²) in [4.78, 5) is 2.37. The third-order valence-electron chi connectivity index (χ3n) is 3.54. The van der Waals surface area contributed by atoms with Crippen molar-refractivity contribution in [1.82, 2.24) is 4.90 Å². The minimum atomic E-state index is -0.648. The first kappa shape index (κ1) is 14.3. The van der Waals surface area contributed by atoms with Gasteiger partial charge in [0.15, 0.2) is 0 Å². The number of aliphatic hydroxyl groups is 1. The number of hydrogen-bond donors (Lipinski definition) is 1. The SMILES string of the molecule is C[C@@H](O)c1ccc(F)cc1OCCN1CCCCC1. The fourth-order valence-corrected chi connectivity index (χ4v) is 2.45. The smallest absolute Gasteiger partial charge is 0.128 e. The van der Waals surface area contributed by atoms with Gasteiger partial charge in [-0.25, -0.2) is 4.39 Å². The molecule has 4 heteroatoms. The second kappa shape index (κ2) is 6.87. The molecule has 106 valence electrons. The van der Waals surface area contributed by atoms with Crippen LogP contribution in [0.25, 0.3) is 0 Å². The van der Waals surface area contributed by atoms with Crippen LogP contribution in [-0.4, -0.2) is 36.2 Å². The van der Waals surface area contributed by atoms with Gasteiger partial charge in [0, 0.05) is 18.2 Å². The van der Waals surface area contributed by atoms with Crippen molar-refractivity contribution >= 4 is 0 Å². The normalized spacial score (nSPS) is 18.3. The van der Waals surface area contributed by atoms with E-state index in [0.29, 0.717) is 17.9 Å². The molecule has 1 N–H and O–H groups in total. The quantitative estimate of drug-likeness (QED) is 0.890. The van der Waals surface area contributed by atoms with Crippen molar-refractivity contribution in [2.75, 3.05) is 26.2 Å². The number of aliphatic hydroxyl groups excluding tert-OH is 1. The zero-order valence-corrected chi connectivity index (χ0v) is 11.4. The fourth-order valence-electron chi connectivity index (χ4n) is 2.45. The van der Waals surface area contributed by atoms with Gasteiger partial charge in [-0.3, -0.25) is 4.90 Å². The molecular weight excluding hydrogens is 245 g/mol. The van der Waals surface area contributed by atoms with Gasteiger partial charge >= 0.3 is 0 Å². The highest BCUT2D eigenvalue weighted by Gasteiger charge is 2.12. The molecule has 0 aliphatic carbocycles. The lowest BCUT2D eigenvalue weighted by atomic mass is 10.1. The predicted molar refractivity (Wildman–Crippen MR) is 72.8 cm³/mol. The predicted octanol–water partition coefficient (Wildman–Crippen LogP) is 2.74. The van der Waals surface area contributed by atoms with E-state index in [1.165, 1.54) is 31.4 Å². The third-order valence-corrected chi connectivity index (χ3v) is 3.54. The maximum Gasteiger partial charge on any atom is 0.128 e. The lowest BCUT2D eigenvalue weighted by Crippen LogP contribution is -2.33. The summed E-state index contributed by atoms with van der Waals surface area (Å²) in [6, 6.07) is 4.27. The van der Waals surface area contributed by atoms with Crippen LogP contribution < -0.4 is 4.74 Å². The van der Waals surface area contributed by atoms with Crippen molar-refractivity contribution < 1.29 is 14.2 Å². The van der Waals surface area contributed by atoms with E-state index in [4.69, 9.17) is 4.74 Å². The Morgan fingerprint density at radius 2 is 2.05 bits per heavy atom. The van der Waals surface area contributed by atoms with E-state index in [1.807, 2.05) is 0 Å². The molecule has 0 saturated carbocycles. The van der Waals surface area contributed by atoms with Gasteiger partial charge in [0.2, 0.25) is 0 Å². The lowest BCUT2D eigenvalue weighted by molar-refractivity contribution is 0.171. The molecule has 1 aliphatic rings. The first-order chi connectivity index (χ1) is 9.16. The standard InChI is InChI=1S/C15H22FNO2/c1-12(18)14-6-5-13(16)11-15(14)19-10-9-17-7-3-2-4-8-17/h5-6,11-12,18H,2-4,7-10H2,1H3/t12-/m1/s1. The summed E-state index contributed by atoms with van der Waals surface area (Å²) in [5.41, 5.74) is 0.639. The minimum absolute atomic E-state index is 0.336. The molecular formula is C15H22FNO2. The van der Waals surface area contributed by atoms with Crippen molar-refractivity contribution in [3.8, 4) is 5.75 Å². The molecule has 1 aromatic rings. The zero-order valence-electron chi connectivity index (χ0n) is 11.4. The largest absolute Gasteiger partial charge is 0.492 e. The average Bonchev–Trinajstić information content (AvgIpc) is 2.39. The van der Waals surface area contributed by atoms with Crippen LogP contribution in [0.15, 0.2) is 18.2 Å². The van der Waals surface area contributed by atoms with Gasteiger partial charge in [0.25, 0.3) is 0 Å². The Morgan fingerprint density at radius 3 is 2.74 bits per heavy atom. The number of rotatable bonds is 5. The van der Waals surface area contributed by atoms with Gasteiger partial charge < -0.3 is 9.84 Å². The zero-order chi connectivity index (χ0) is 13.7. The third kappa shape index (κ3) is 4.18. The number of ether oxygens (including phenoxy) is 1. The summed E-state index contributed by atoms with van der Waals surface area (Å²) >= 11 is 0. The average molecular weight is 267 g/mol. The number of benzene rings is 1. The molecule has 2 rings (SSSR count). The number of hydrogen-bond acceptors (Lipinski definition) is 3. The monoisotopic (exact) mass is 267 g/mol. The Morgan fingerprint density at radius 1 is 1.32 bits per heavy atom. The Balaban J connectivity index is 1.89. The summed E-state index contributed by atoms with van der Waals surface area (Å²) in [5, 5.41) is 9.63. The molecule has 0 aromatic heterocycles. The molecule has 0 spiro atoms. The van der Waals surface area contributed by atoms with Crippen LogP contribution in [0, 0.1) is 5.82 Å². The van der Waals surface area contributed by atoms with Gasteiger partial charge in [-0.05, 0) is 45.0 Å². The van der Waals surface area contributed by atoms with Crippen LogP contribution in [0.3, 0.4) is 0 Å². The van der Waals surface area contributed by atoms with Gasteiger partial charge in [-0.2, -0.15) is 0 Å². The molecule has 1 aliphatic heterocycles. The van der Waals surface area contributed by atoms with Crippen LogP contribution in [0.5, 0.6) is 5.75 Å². The second-order valence-corrected chi connectivity index (χ2v) is 5.11. The topological polar surface area (TPSA) is 32.7 Å². The van der Waals surface area contributed by atoms with E-state index < -0.39 is 6.10 Å². The van der Waals surface area contributed by atoms with Crippen molar-refractivity contribution in [2.24, 2.45) is 0 Å². The van der Waals surface area contributed by atoms with Crippen molar-refractivity contribution in [3.05, 3.63) is 29.6 Å². The van der Waals surface area contributed by atoms with Crippen molar-refractivity contribution in [3.63, 3.8) is 0 Å². The molecule has 0 amide bonds. The van der Waals surface area contributed by atoms with Crippen LogP contribution in [0.2, 0.25) is 0 Å². The van der Waals surface area contributed by atoms with E-state index in [-0.39, 0.29) is 5.82 Å². The summed E-state index contributed by atoms with van der Waals surface area (Å²) in [6.07, 6.45) is 3.16. The number of nitrogens with zero attached hydrogens (tertiary/aromatic N) is 1. The summed E-state index contributed by atoms with van der Waals surface area (Å²) in [7, 11) is 0. The van der Waals surface area contributed by atoms with E-state index >= 15 is 0 Å². The Bertz CT molecular complexity index is 403. The Kier molecular flexibility index (Phi) is 5.16. The van der Waals surface area contributed by atoms with E-state index in [9.17, 15) is 9.50 Å². The van der Waals surface area contributed by atoms with Gasteiger partial charge in [0.1, 0.15) is 18.2 Å². The maximum absolute atomic E-state index is 13.2. The molecule has 1 atom stereocenters. The van der Waals surface area contributed by atoms with Crippen LogP contribution >= 0.6 is 0 Å². The molecule has 3 nitrogen and oxygen atoms in total. The molecule has 1 saturated heterocycles. The van der Waals surface area contributed by atoms with Gasteiger partial charge in [-0.1, -0.05) is 6.42 Å². The van der Waals surface area contributed by atoms with Crippen LogP contribution in [0.4, 0.5) is 4.39 Å². The molecule has 0 radical (unpaired) electrons. The number of piperidine rings is 1. The second-order valence-electron chi connectivity index (χ2n) is 5.11. The summed E-state index contributed by atoms with van der Waals surface area (Å²) in [6.45, 7) is 5.29. The highest BCUT2D eigenvalue weighted by atomic mass is 19.1. The van der Waals surface area contributed by atoms with E-state index in [0.717, 1.165) is 19.6 Å². The first-order valence-electron chi connectivity index (χ1n) is 6.99. The molecule has 1 aromatic carbocycles. The maximum atomic E-state index is 13.2. The van der Waals surface area contributed by atoms with E-state index in [1.54, 1.807) is 13.0 Å². The van der Waals surface area contributed by atoms with Crippen molar-refractivity contribution in [1.29, 1.82) is 0 Å². The lowest BCUT2D eigenvalue weighted by Gasteiger charge is -2.26. The van der Waals surface area contributed by atoms with Gasteiger partial charge in [0.05, 0.1) is 6.10 Å². The number of halogens is 1. The molecule has 0 bridgehead atoms. The van der Waals surface area contributed by atoms with Gasteiger partial charge in [-0.15, -0.1) is 0 Å². The molecule has 19 heavy (non-hydrogen) atoms.